The van der Waals surface area contributed by atoms with Crippen LogP contribution in [0.5, 0.6) is 5.75 Å². The van der Waals surface area contributed by atoms with E-state index in [4.69, 9.17) is 4.74 Å². The minimum absolute atomic E-state index is 0.229. The van der Waals surface area contributed by atoms with Gasteiger partial charge in [-0.25, -0.2) is 4.39 Å². The van der Waals surface area contributed by atoms with Crippen LogP contribution in [-0.2, 0) is 0 Å². The number of hydrogen-bond acceptors (Lipinski definition) is 2. The largest absolute Gasteiger partial charge is 0.495 e. The lowest BCUT2D eigenvalue weighted by molar-refractivity contribution is 0.405. The molecule has 0 atom stereocenters. The first kappa shape index (κ1) is 13.6. The van der Waals surface area contributed by atoms with Gasteiger partial charge in [0.25, 0.3) is 0 Å². The molecule has 0 fully saturated rings. The lowest BCUT2D eigenvalue weighted by Crippen LogP contribution is -1.97. The molecule has 0 amide bonds. The molecule has 0 aliphatic heterocycles. The average molecular weight is 284 g/mol. The van der Waals surface area contributed by atoms with Gasteiger partial charge in [-0.1, -0.05) is 19.9 Å². The highest BCUT2D eigenvalue weighted by molar-refractivity contribution is 5.85. The SMILES string of the molecule is COc1cnc(-c2cc3c(F)cccc3[nH]2)cc1C(C)C. The van der Waals surface area contributed by atoms with Gasteiger partial charge in [-0.2, -0.15) is 0 Å². The number of ether oxygens (including phenoxy) is 1. The average Bonchev–Trinajstić information content (AvgIpc) is 2.92. The fourth-order valence-electron chi connectivity index (χ4n) is 2.48. The van der Waals surface area contributed by atoms with Gasteiger partial charge in [0.2, 0.25) is 0 Å². The number of rotatable bonds is 3. The summed E-state index contributed by atoms with van der Waals surface area (Å²) >= 11 is 0. The van der Waals surface area contributed by atoms with Crippen LogP contribution in [0.15, 0.2) is 36.5 Å². The van der Waals surface area contributed by atoms with E-state index in [9.17, 15) is 4.39 Å². The highest BCUT2D eigenvalue weighted by atomic mass is 19.1. The molecule has 3 nitrogen and oxygen atoms in total. The summed E-state index contributed by atoms with van der Waals surface area (Å²) in [7, 11) is 1.64. The zero-order valence-electron chi connectivity index (χ0n) is 12.3. The van der Waals surface area contributed by atoms with E-state index in [-0.39, 0.29) is 5.82 Å². The summed E-state index contributed by atoms with van der Waals surface area (Å²) in [6.45, 7) is 4.21. The number of aromatic nitrogens is 2. The molecule has 0 unspecified atom stereocenters. The maximum absolute atomic E-state index is 13.8. The van der Waals surface area contributed by atoms with Crippen LogP contribution in [-0.4, -0.2) is 17.1 Å². The molecule has 1 aromatic carbocycles. The molecule has 0 aliphatic carbocycles. The smallest absolute Gasteiger partial charge is 0.140 e. The summed E-state index contributed by atoms with van der Waals surface area (Å²) in [5.41, 5.74) is 3.45. The minimum atomic E-state index is -0.229. The predicted octanol–water partition coefficient (Wildman–Crippen LogP) is 4.50. The molecule has 0 radical (unpaired) electrons. The number of methoxy groups -OCH3 is 1. The van der Waals surface area contributed by atoms with Gasteiger partial charge in [0.1, 0.15) is 11.6 Å². The quantitative estimate of drug-likeness (QED) is 0.769. The Morgan fingerprint density at radius 1 is 1.24 bits per heavy atom. The molecule has 0 bridgehead atoms. The van der Waals surface area contributed by atoms with E-state index in [0.29, 0.717) is 11.3 Å². The molecule has 0 saturated carbocycles. The van der Waals surface area contributed by atoms with Gasteiger partial charge in [-0.3, -0.25) is 4.98 Å². The predicted molar refractivity (Wildman–Crippen MR) is 82.1 cm³/mol. The standard InChI is InChI=1S/C17H17FN2O/c1-10(2)11-7-15(19-9-17(11)21-3)16-8-12-13(18)5-4-6-14(12)20-16/h4-10,20H,1-3H3. The van der Waals surface area contributed by atoms with Crippen molar-refractivity contribution >= 4 is 10.9 Å². The summed E-state index contributed by atoms with van der Waals surface area (Å²) in [6.07, 6.45) is 1.71. The van der Waals surface area contributed by atoms with Crippen molar-refractivity contribution in [2.24, 2.45) is 0 Å². The third-order valence-corrected chi connectivity index (χ3v) is 3.63. The van der Waals surface area contributed by atoms with Crippen LogP contribution in [0.3, 0.4) is 0 Å². The summed E-state index contributed by atoms with van der Waals surface area (Å²) in [5.74, 6) is 0.867. The number of pyridine rings is 1. The molecule has 21 heavy (non-hydrogen) atoms. The van der Waals surface area contributed by atoms with Crippen LogP contribution in [0, 0.1) is 5.82 Å². The molecule has 2 heterocycles. The topological polar surface area (TPSA) is 37.9 Å². The first-order chi connectivity index (χ1) is 10.1. The van der Waals surface area contributed by atoms with Crippen LogP contribution in [0.25, 0.3) is 22.3 Å². The van der Waals surface area contributed by atoms with E-state index in [1.54, 1.807) is 25.4 Å². The number of nitrogens with zero attached hydrogens (tertiary/aromatic N) is 1. The Balaban J connectivity index is 2.14. The van der Waals surface area contributed by atoms with Crippen LogP contribution in [0.4, 0.5) is 4.39 Å². The number of hydrogen-bond donors (Lipinski definition) is 1. The van der Waals surface area contributed by atoms with Crippen molar-refractivity contribution in [3.8, 4) is 17.1 Å². The maximum atomic E-state index is 13.8. The van der Waals surface area contributed by atoms with Gasteiger partial charge < -0.3 is 9.72 Å². The van der Waals surface area contributed by atoms with E-state index in [2.05, 4.69) is 23.8 Å². The number of benzene rings is 1. The molecule has 0 spiro atoms. The highest BCUT2D eigenvalue weighted by Crippen LogP contribution is 2.31. The Labute approximate surface area is 122 Å². The summed E-state index contributed by atoms with van der Waals surface area (Å²) in [6, 6.07) is 8.80. The molecule has 2 aromatic heterocycles. The van der Waals surface area contributed by atoms with Crippen LogP contribution in [0.2, 0.25) is 0 Å². The molecule has 1 N–H and O–H groups in total. The molecular formula is C17H17FN2O. The van der Waals surface area contributed by atoms with Gasteiger partial charge >= 0.3 is 0 Å². The summed E-state index contributed by atoms with van der Waals surface area (Å²) in [4.78, 5) is 7.62. The molecule has 3 rings (SSSR count). The van der Waals surface area contributed by atoms with Crippen molar-refractivity contribution in [1.82, 2.24) is 9.97 Å². The Kier molecular flexibility index (Phi) is 3.37. The fraction of sp³-hybridized carbons (Fsp3) is 0.235. The van der Waals surface area contributed by atoms with Crippen molar-refractivity contribution in [3.63, 3.8) is 0 Å². The molecule has 3 aromatic rings. The molecular weight excluding hydrogens is 267 g/mol. The van der Waals surface area contributed by atoms with Crippen LogP contribution in [0.1, 0.15) is 25.3 Å². The second-order valence-electron chi connectivity index (χ2n) is 5.35. The van der Waals surface area contributed by atoms with Crippen molar-refractivity contribution in [3.05, 3.63) is 47.9 Å². The number of H-pyrrole nitrogens is 1. The Hall–Kier alpha value is -2.36. The maximum Gasteiger partial charge on any atom is 0.140 e. The fourth-order valence-corrected chi connectivity index (χ4v) is 2.48. The van der Waals surface area contributed by atoms with Crippen molar-refractivity contribution in [2.45, 2.75) is 19.8 Å². The minimum Gasteiger partial charge on any atom is -0.495 e. The third kappa shape index (κ3) is 2.37. The zero-order valence-corrected chi connectivity index (χ0v) is 12.3. The number of fused-ring (bicyclic) bond motifs is 1. The Morgan fingerprint density at radius 2 is 2.05 bits per heavy atom. The van der Waals surface area contributed by atoms with Crippen molar-refractivity contribution in [2.75, 3.05) is 7.11 Å². The van der Waals surface area contributed by atoms with Gasteiger partial charge in [-0.05, 0) is 30.2 Å². The van der Waals surface area contributed by atoms with Gasteiger partial charge in [-0.15, -0.1) is 0 Å². The van der Waals surface area contributed by atoms with E-state index in [1.165, 1.54) is 6.07 Å². The van der Waals surface area contributed by atoms with Gasteiger partial charge in [0, 0.05) is 16.5 Å². The number of nitrogens with one attached hydrogen (secondary N) is 1. The van der Waals surface area contributed by atoms with E-state index in [0.717, 1.165) is 28.2 Å². The summed E-state index contributed by atoms with van der Waals surface area (Å²) in [5, 5.41) is 0.580. The van der Waals surface area contributed by atoms with Crippen molar-refractivity contribution < 1.29 is 9.13 Å². The second-order valence-corrected chi connectivity index (χ2v) is 5.35. The highest BCUT2D eigenvalue weighted by Gasteiger charge is 2.13. The van der Waals surface area contributed by atoms with E-state index in [1.807, 2.05) is 12.1 Å². The molecule has 108 valence electrons. The lowest BCUT2D eigenvalue weighted by Gasteiger charge is -2.12. The Bertz CT molecular complexity index is 793. The summed E-state index contributed by atoms with van der Waals surface area (Å²) < 4.78 is 19.1. The number of halogens is 1. The van der Waals surface area contributed by atoms with E-state index < -0.39 is 0 Å². The van der Waals surface area contributed by atoms with Gasteiger partial charge in [0.15, 0.2) is 0 Å². The monoisotopic (exact) mass is 284 g/mol. The lowest BCUT2D eigenvalue weighted by atomic mass is 10.0. The van der Waals surface area contributed by atoms with Crippen LogP contribution < -0.4 is 4.74 Å². The van der Waals surface area contributed by atoms with Crippen molar-refractivity contribution in [1.29, 1.82) is 0 Å². The molecule has 0 aliphatic rings. The van der Waals surface area contributed by atoms with E-state index >= 15 is 0 Å². The normalized spacial score (nSPS) is 11.3. The van der Waals surface area contributed by atoms with Crippen LogP contribution >= 0.6 is 0 Å². The molecule has 4 heteroatoms. The zero-order chi connectivity index (χ0) is 15.0. The second kappa shape index (κ2) is 5.20. The first-order valence-electron chi connectivity index (χ1n) is 6.91. The third-order valence-electron chi connectivity index (χ3n) is 3.63. The number of aromatic amines is 1. The molecule has 0 saturated heterocycles. The van der Waals surface area contributed by atoms with Gasteiger partial charge in [0.05, 0.1) is 24.7 Å². The first-order valence-corrected chi connectivity index (χ1v) is 6.91. The Morgan fingerprint density at radius 3 is 2.71 bits per heavy atom.